The van der Waals surface area contributed by atoms with Gasteiger partial charge >= 0.3 is 0 Å². The molecule has 1 aromatic heterocycles. The minimum absolute atomic E-state index is 0. The lowest BCUT2D eigenvalue weighted by atomic mass is 10.4. The van der Waals surface area contributed by atoms with Crippen LogP contribution in [0, 0.1) is 6.92 Å². The Bertz CT molecular complexity index is 197. The van der Waals surface area contributed by atoms with Crippen LogP contribution < -0.4 is 0 Å². The second-order valence-corrected chi connectivity index (χ2v) is 1.53. The zero-order valence-electron chi connectivity index (χ0n) is 4.51. The van der Waals surface area contributed by atoms with E-state index in [4.69, 9.17) is 0 Å². The van der Waals surface area contributed by atoms with E-state index in [1.807, 2.05) is 0 Å². The van der Waals surface area contributed by atoms with E-state index in [9.17, 15) is 4.79 Å². The highest BCUT2D eigenvalue weighted by Crippen LogP contribution is 1.93. The average molecular weight is 112 g/mol. The molecule has 44 valence electrons. The first kappa shape index (κ1) is 5.03. The Balaban J connectivity index is 0.000000640. The van der Waals surface area contributed by atoms with Crippen LogP contribution in [0.1, 0.15) is 17.6 Å². The maximum atomic E-state index is 10.0. The predicted octanol–water partition coefficient (Wildman–Crippen LogP) is 0.777. The van der Waals surface area contributed by atoms with Crippen molar-refractivity contribution in [2.24, 2.45) is 0 Å². The molecule has 0 unspecified atom stereocenters. The molecule has 0 aliphatic carbocycles. The molecule has 0 saturated heterocycles. The van der Waals surface area contributed by atoms with Crippen LogP contribution in [-0.2, 0) is 0 Å². The number of carbonyl (C=O) groups is 1. The highest BCUT2D eigenvalue weighted by molar-refractivity contribution is 5.73. The van der Waals surface area contributed by atoms with Crippen LogP contribution in [0.25, 0.3) is 0 Å². The number of aldehydes is 1. The third-order valence-electron chi connectivity index (χ3n) is 0.981. The summed E-state index contributed by atoms with van der Waals surface area (Å²) in [6, 6.07) is 0. The molecule has 0 aromatic carbocycles. The molecular weight excluding hydrogens is 104 g/mol. The molecule has 0 aliphatic rings. The van der Waals surface area contributed by atoms with Gasteiger partial charge in [-0.15, -0.1) is 0 Å². The number of carbonyl (C=O) groups excluding carboxylic acids is 1. The van der Waals surface area contributed by atoms with Gasteiger partial charge in [0.05, 0.1) is 6.33 Å². The summed E-state index contributed by atoms with van der Waals surface area (Å²) >= 11 is 0. The van der Waals surface area contributed by atoms with Gasteiger partial charge < -0.3 is 4.98 Å². The number of aromatic nitrogens is 2. The average Bonchev–Trinajstić information content (AvgIpc) is 2.14. The van der Waals surface area contributed by atoms with E-state index in [0.29, 0.717) is 5.69 Å². The van der Waals surface area contributed by atoms with Crippen LogP contribution in [0.2, 0.25) is 0 Å². The van der Waals surface area contributed by atoms with Gasteiger partial charge in [0.1, 0.15) is 5.69 Å². The van der Waals surface area contributed by atoms with Gasteiger partial charge in [-0.2, -0.15) is 0 Å². The standard InChI is InChI=1S/C5H6N2O.H2/c1-4-5(2-8)7-3-6-4;/h2-3H,1H3,(H,6,7);1H. The predicted molar refractivity (Wildman–Crippen MR) is 30.8 cm³/mol. The van der Waals surface area contributed by atoms with E-state index < -0.39 is 0 Å². The molecule has 0 fully saturated rings. The number of nitrogens with zero attached hydrogens (tertiary/aromatic N) is 1. The number of H-pyrrole nitrogens is 1. The summed E-state index contributed by atoms with van der Waals surface area (Å²) in [7, 11) is 0. The molecule has 1 rings (SSSR count). The Labute approximate surface area is 48.2 Å². The molecular formula is C5H8N2O. The summed E-state index contributed by atoms with van der Waals surface area (Å²) in [5.41, 5.74) is 1.31. The highest BCUT2D eigenvalue weighted by atomic mass is 16.1. The molecule has 0 bridgehead atoms. The Kier molecular flexibility index (Phi) is 1.12. The number of nitrogens with one attached hydrogen (secondary N) is 1. The molecule has 0 aliphatic heterocycles. The number of hydrogen-bond donors (Lipinski definition) is 1. The highest BCUT2D eigenvalue weighted by Gasteiger charge is 1.94. The van der Waals surface area contributed by atoms with Crippen molar-refractivity contribution in [2.75, 3.05) is 0 Å². The Morgan fingerprint density at radius 3 is 3.00 bits per heavy atom. The fourth-order valence-corrected chi connectivity index (χ4v) is 0.488. The van der Waals surface area contributed by atoms with Crippen LogP contribution in [0.15, 0.2) is 6.33 Å². The molecule has 0 saturated carbocycles. The van der Waals surface area contributed by atoms with Crippen LogP contribution in [-0.4, -0.2) is 16.3 Å². The van der Waals surface area contributed by atoms with Crippen molar-refractivity contribution in [3.63, 3.8) is 0 Å². The molecule has 3 heteroatoms. The summed E-state index contributed by atoms with van der Waals surface area (Å²) in [6.07, 6.45) is 2.23. The smallest absolute Gasteiger partial charge is 0.170 e. The summed E-state index contributed by atoms with van der Waals surface area (Å²) in [5.74, 6) is 0. The Hall–Kier alpha value is -1.12. The third-order valence-corrected chi connectivity index (χ3v) is 0.981. The molecule has 1 N–H and O–H groups in total. The fraction of sp³-hybridized carbons (Fsp3) is 0.200. The van der Waals surface area contributed by atoms with Crippen molar-refractivity contribution in [1.29, 1.82) is 0 Å². The number of imidazole rings is 1. The summed E-state index contributed by atoms with van der Waals surface area (Å²) in [4.78, 5) is 16.5. The van der Waals surface area contributed by atoms with Gasteiger partial charge in [0.25, 0.3) is 0 Å². The molecule has 1 aromatic rings. The molecule has 0 spiro atoms. The van der Waals surface area contributed by atoms with Gasteiger partial charge in [-0.05, 0) is 6.92 Å². The van der Waals surface area contributed by atoms with E-state index in [1.54, 1.807) is 6.92 Å². The maximum Gasteiger partial charge on any atom is 0.170 e. The molecule has 0 radical (unpaired) electrons. The number of aryl methyl sites for hydroxylation is 1. The molecule has 8 heavy (non-hydrogen) atoms. The second-order valence-electron chi connectivity index (χ2n) is 1.53. The van der Waals surface area contributed by atoms with Crippen molar-refractivity contribution < 1.29 is 6.22 Å². The van der Waals surface area contributed by atoms with Gasteiger partial charge in [0.15, 0.2) is 6.29 Å². The van der Waals surface area contributed by atoms with Crippen molar-refractivity contribution >= 4 is 6.29 Å². The zero-order valence-corrected chi connectivity index (χ0v) is 4.51. The molecule has 1 heterocycles. The number of rotatable bonds is 1. The lowest BCUT2D eigenvalue weighted by Crippen LogP contribution is -1.80. The zero-order chi connectivity index (χ0) is 5.98. The van der Waals surface area contributed by atoms with Gasteiger partial charge in [-0.25, -0.2) is 4.98 Å². The monoisotopic (exact) mass is 112 g/mol. The first-order chi connectivity index (χ1) is 3.84. The van der Waals surface area contributed by atoms with Crippen LogP contribution in [0.5, 0.6) is 0 Å². The van der Waals surface area contributed by atoms with Crippen molar-refractivity contribution in [1.82, 2.24) is 9.97 Å². The number of aromatic amines is 1. The number of hydrogen-bond acceptors (Lipinski definition) is 2. The first-order valence-corrected chi connectivity index (χ1v) is 2.29. The summed E-state index contributed by atoms with van der Waals surface area (Å²) < 4.78 is 0. The topological polar surface area (TPSA) is 45.8 Å². The SMILES string of the molecule is Cc1[nH]cnc1C=O.[HH]. The lowest BCUT2D eigenvalue weighted by molar-refractivity contribution is 0.111. The molecule has 0 atom stereocenters. The third kappa shape index (κ3) is 0.621. The van der Waals surface area contributed by atoms with E-state index in [2.05, 4.69) is 9.97 Å². The second kappa shape index (κ2) is 1.78. The Morgan fingerprint density at radius 2 is 2.75 bits per heavy atom. The van der Waals surface area contributed by atoms with Crippen molar-refractivity contribution in [3.8, 4) is 0 Å². The first-order valence-electron chi connectivity index (χ1n) is 2.29. The summed E-state index contributed by atoms with van der Waals surface area (Å²) in [6.45, 7) is 1.80. The normalized spacial score (nSPS) is 9.12. The van der Waals surface area contributed by atoms with E-state index in [-0.39, 0.29) is 1.43 Å². The van der Waals surface area contributed by atoms with Crippen LogP contribution in [0.4, 0.5) is 0 Å². The van der Waals surface area contributed by atoms with E-state index in [0.717, 1.165) is 12.0 Å². The fourth-order valence-electron chi connectivity index (χ4n) is 0.488. The van der Waals surface area contributed by atoms with E-state index >= 15 is 0 Å². The molecule has 0 amide bonds. The lowest BCUT2D eigenvalue weighted by Gasteiger charge is -1.78. The quantitative estimate of drug-likeness (QED) is 0.545. The van der Waals surface area contributed by atoms with Crippen molar-refractivity contribution in [2.45, 2.75) is 6.92 Å². The Morgan fingerprint density at radius 1 is 2.00 bits per heavy atom. The maximum absolute atomic E-state index is 10.0. The van der Waals surface area contributed by atoms with Gasteiger partial charge in [-0.3, -0.25) is 4.79 Å². The minimum atomic E-state index is 0. The minimum Gasteiger partial charge on any atom is -0.348 e. The van der Waals surface area contributed by atoms with Crippen LogP contribution in [0.3, 0.4) is 0 Å². The van der Waals surface area contributed by atoms with Crippen molar-refractivity contribution in [3.05, 3.63) is 17.7 Å². The molecule has 3 nitrogen and oxygen atoms in total. The van der Waals surface area contributed by atoms with E-state index in [1.165, 1.54) is 6.33 Å². The van der Waals surface area contributed by atoms with Crippen LogP contribution >= 0.6 is 0 Å². The van der Waals surface area contributed by atoms with Gasteiger partial charge in [-0.1, -0.05) is 0 Å². The van der Waals surface area contributed by atoms with Gasteiger partial charge in [0.2, 0.25) is 0 Å². The van der Waals surface area contributed by atoms with Gasteiger partial charge in [0, 0.05) is 7.12 Å². The largest absolute Gasteiger partial charge is 0.348 e. The summed E-state index contributed by atoms with van der Waals surface area (Å²) in [5, 5.41) is 0.